The van der Waals surface area contributed by atoms with Crippen molar-refractivity contribution in [2.75, 3.05) is 19.7 Å². The number of sulfonamides is 1. The zero-order valence-corrected chi connectivity index (χ0v) is 18.4. The van der Waals surface area contributed by atoms with Crippen LogP contribution in [0.5, 0.6) is 11.5 Å². The van der Waals surface area contributed by atoms with Gasteiger partial charge in [-0.05, 0) is 43.3 Å². The Morgan fingerprint density at radius 1 is 1.06 bits per heavy atom. The first kappa shape index (κ1) is 21.9. The Bertz CT molecular complexity index is 1160. The molecule has 32 heavy (non-hydrogen) atoms. The number of fused-ring (bicyclic) bond motifs is 1. The van der Waals surface area contributed by atoms with Crippen molar-refractivity contribution in [1.82, 2.24) is 9.62 Å². The summed E-state index contributed by atoms with van der Waals surface area (Å²) >= 11 is 0. The zero-order chi connectivity index (χ0) is 22.6. The Balaban J connectivity index is 1.42. The van der Waals surface area contributed by atoms with Crippen LogP contribution < -0.4 is 14.8 Å². The van der Waals surface area contributed by atoms with E-state index in [-0.39, 0.29) is 37.2 Å². The lowest BCUT2D eigenvalue weighted by molar-refractivity contribution is -0.121. The van der Waals surface area contributed by atoms with Crippen LogP contribution in [0.4, 0.5) is 0 Å². The number of furan rings is 1. The van der Waals surface area contributed by atoms with Gasteiger partial charge in [0.05, 0.1) is 30.8 Å². The number of carbonyl (C=O) groups is 1. The Morgan fingerprint density at radius 2 is 1.81 bits per heavy atom. The van der Waals surface area contributed by atoms with Gasteiger partial charge >= 0.3 is 0 Å². The third-order valence-corrected chi connectivity index (χ3v) is 6.79. The SMILES string of the molecule is Cc1ccc(S(=O)(=O)N(CC(=O)NC[C@@H]2COc3ccccc3O2)Cc2ccco2)cc1. The summed E-state index contributed by atoms with van der Waals surface area (Å²) in [6, 6.07) is 17.1. The van der Waals surface area contributed by atoms with E-state index < -0.39 is 15.9 Å². The van der Waals surface area contributed by atoms with E-state index in [4.69, 9.17) is 13.9 Å². The molecule has 168 valence electrons. The standard InChI is InChI=1S/C23H24N2O6S/c1-17-8-10-20(11-9-17)32(27,28)25(14-18-5-4-12-29-18)15-23(26)24-13-19-16-30-21-6-2-3-7-22(21)31-19/h2-12,19H,13-16H2,1H3,(H,24,26)/t19-/m1/s1. The third-order valence-electron chi connectivity index (χ3n) is 4.99. The van der Waals surface area contributed by atoms with Crippen LogP contribution in [0.25, 0.3) is 0 Å². The zero-order valence-electron chi connectivity index (χ0n) is 17.6. The van der Waals surface area contributed by atoms with Crippen LogP contribution in [0.3, 0.4) is 0 Å². The molecular weight excluding hydrogens is 432 g/mol. The predicted octanol–water partition coefficient (Wildman–Crippen LogP) is 2.74. The molecule has 0 saturated heterocycles. The number of hydrogen-bond acceptors (Lipinski definition) is 6. The molecule has 0 aliphatic carbocycles. The van der Waals surface area contributed by atoms with Gasteiger partial charge < -0.3 is 19.2 Å². The molecule has 0 spiro atoms. The number of rotatable bonds is 8. The minimum Gasteiger partial charge on any atom is -0.486 e. The second-order valence-corrected chi connectivity index (χ2v) is 9.41. The van der Waals surface area contributed by atoms with Crippen LogP contribution in [0.2, 0.25) is 0 Å². The van der Waals surface area contributed by atoms with Crippen molar-refractivity contribution in [3.8, 4) is 11.5 Å². The molecule has 0 saturated carbocycles. The number of amides is 1. The molecule has 2 aromatic carbocycles. The number of carbonyl (C=O) groups excluding carboxylic acids is 1. The molecule has 1 aliphatic rings. The summed E-state index contributed by atoms with van der Waals surface area (Å²) in [4.78, 5) is 12.8. The molecule has 9 heteroatoms. The maximum Gasteiger partial charge on any atom is 0.243 e. The van der Waals surface area contributed by atoms with Gasteiger partial charge in [0.2, 0.25) is 15.9 Å². The highest BCUT2D eigenvalue weighted by Gasteiger charge is 2.28. The molecule has 0 unspecified atom stereocenters. The van der Waals surface area contributed by atoms with Crippen LogP contribution in [-0.4, -0.2) is 44.4 Å². The van der Waals surface area contributed by atoms with Crippen molar-refractivity contribution >= 4 is 15.9 Å². The van der Waals surface area contributed by atoms with Crippen molar-refractivity contribution in [3.63, 3.8) is 0 Å². The Hall–Kier alpha value is -3.30. The van der Waals surface area contributed by atoms with Gasteiger partial charge in [0, 0.05) is 0 Å². The molecule has 0 bridgehead atoms. The summed E-state index contributed by atoms with van der Waals surface area (Å²) in [5.74, 6) is 1.26. The summed E-state index contributed by atoms with van der Waals surface area (Å²) in [7, 11) is -3.92. The fourth-order valence-electron chi connectivity index (χ4n) is 3.27. The minimum atomic E-state index is -3.92. The topological polar surface area (TPSA) is 98.1 Å². The minimum absolute atomic E-state index is 0.0625. The Labute approximate surface area is 186 Å². The fraction of sp³-hybridized carbons (Fsp3) is 0.261. The van der Waals surface area contributed by atoms with Gasteiger partial charge in [-0.1, -0.05) is 29.8 Å². The molecular formula is C23H24N2O6S. The van der Waals surface area contributed by atoms with E-state index in [1.54, 1.807) is 30.3 Å². The lowest BCUT2D eigenvalue weighted by atomic mass is 10.2. The average molecular weight is 457 g/mol. The van der Waals surface area contributed by atoms with E-state index in [0.29, 0.717) is 17.3 Å². The van der Waals surface area contributed by atoms with E-state index in [9.17, 15) is 13.2 Å². The third kappa shape index (κ3) is 5.12. The molecule has 1 N–H and O–H groups in total. The average Bonchev–Trinajstić information content (AvgIpc) is 3.31. The number of aryl methyl sites for hydroxylation is 1. The molecule has 0 radical (unpaired) electrons. The number of para-hydroxylation sites is 2. The first-order chi connectivity index (χ1) is 15.4. The molecule has 0 fully saturated rings. The van der Waals surface area contributed by atoms with Crippen LogP contribution in [0, 0.1) is 6.92 Å². The predicted molar refractivity (Wildman–Crippen MR) is 117 cm³/mol. The van der Waals surface area contributed by atoms with Crippen molar-refractivity contribution < 1.29 is 27.1 Å². The summed E-state index contributed by atoms with van der Waals surface area (Å²) < 4.78 is 44.3. The first-order valence-electron chi connectivity index (χ1n) is 10.2. The first-order valence-corrected chi connectivity index (χ1v) is 11.6. The smallest absolute Gasteiger partial charge is 0.243 e. The van der Waals surface area contributed by atoms with Crippen LogP contribution in [0.1, 0.15) is 11.3 Å². The second-order valence-electron chi connectivity index (χ2n) is 7.47. The lowest BCUT2D eigenvalue weighted by Gasteiger charge is -2.27. The van der Waals surface area contributed by atoms with Gasteiger partial charge in [-0.2, -0.15) is 4.31 Å². The summed E-state index contributed by atoms with van der Waals surface area (Å²) in [6.45, 7) is 1.93. The highest BCUT2D eigenvalue weighted by Crippen LogP contribution is 2.30. The molecule has 2 heterocycles. The molecule has 1 aromatic heterocycles. The van der Waals surface area contributed by atoms with Crippen molar-refractivity contribution in [2.45, 2.75) is 24.5 Å². The number of benzene rings is 2. The largest absolute Gasteiger partial charge is 0.486 e. The highest BCUT2D eigenvalue weighted by molar-refractivity contribution is 7.89. The number of hydrogen-bond donors (Lipinski definition) is 1. The van der Waals surface area contributed by atoms with Gasteiger partial charge in [-0.3, -0.25) is 4.79 Å². The van der Waals surface area contributed by atoms with E-state index >= 15 is 0 Å². The Kier molecular flexibility index (Phi) is 6.48. The van der Waals surface area contributed by atoms with E-state index in [2.05, 4.69) is 5.32 Å². The lowest BCUT2D eigenvalue weighted by Crippen LogP contribution is -2.45. The van der Waals surface area contributed by atoms with Gasteiger partial charge in [0.1, 0.15) is 18.5 Å². The van der Waals surface area contributed by atoms with Gasteiger partial charge in [-0.15, -0.1) is 0 Å². The number of nitrogens with one attached hydrogen (secondary N) is 1. The van der Waals surface area contributed by atoms with Gasteiger partial charge in [0.25, 0.3) is 0 Å². The molecule has 4 rings (SSSR count). The molecule has 1 aliphatic heterocycles. The summed E-state index contributed by atoms with van der Waals surface area (Å²) in [5, 5.41) is 2.75. The van der Waals surface area contributed by atoms with E-state index in [1.165, 1.54) is 18.4 Å². The maximum absolute atomic E-state index is 13.2. The molecule has 3 aromatic rings. The van der Waals surface area contributed by atoms with E-state index in [0.717, 1.165) is 9.87 Å². The van der Waals surface area contributed by atoms with Crippen molar-refractivity contribution in [1.29, 1.82) is 0 Å². The van der Waals surface area contributed by atoms with E-state index in [1.807, 2.05) is 25.1 Å². The second kappa shape index (κ2) is 9.46. The monoisotopic (exact) mass is 456 g/mol. The van der Waals surface area contributed by atoms with Crippen LogP contribution in [-0.2, 0) is 21.4 Å². The number of ether oxygens (including phenoxy) is 2. The van der Waals surface area contributed by atoms with Crippen LogP contribution in [0.15, 0.2) is 76.2 Å². The normalized spacial score (nSPS) is 15.5. The summed E-state index contributed by atoms with van der Waals surface area (Å²) in [6.07, 6.45) is 1.09. The van der Waals surface area contributed by atoms with Crippen molar-refractivity contribution in [2.24, 2.45) is 0 Å². The highest BCUT2D eigenvalue weighted by atomic mass is 32.2. The molecule has 8 nitrogen and oxygen atoms in total. The van der Waals surface area contributed by atoms with Crippen LogP contribution >= 0.6 is 0 Å². The molecule has 1 atom stereocenters. The van der Waals surface area contributed by atoms with Gasteiger partial charge in [0.15, 0.2) is 11.5 Å². The van der Waals surface area contributed by atoms with Crippen molar-refractivity contribution in [3.05, 3.63) is 78.3 Å². The fourth-order valence-corrected chi connectivity index (χ4v) is 4.63. The Morgan fingerprint density at radius 3 is 2.53 bits per heavy atom. The maximum atomic E-state index is 13.2. The van der Waals surface area contributed by atoms with Gasteiger partial charge in [-0.25, -0.2) is 8.42 Å². The number of nitrogens with zero attached hydrogens (tertiary/aromatic N) is 1. The molecule has 1 amide bonds. The quantitative estimate of drug-likeness (QED) is 0.560. The summed E-state index contributed by atoms with van der Waals surface area (Å²) in [5.41, 5.74) is 0.940.